The van der Waals surface area contributed by atoms with Crippen molar-refractivity contribution in [2.24, 2.45) is 5.92 Å². The van der Waals surface area contributed by atoms with Crippen LogP contribution in [0.4, 0.5) is 4.79 Å². The van der Waals surface area contributed by atoms with Crippen molar-refractivity contribution in [2.75, 3.05) is 13.1 Å². The highest BCUT2D eigenvalue weighted by atomic mass is 79.9. The van der Waals surface area contributed by atoms with Crippen LogP contribution in [0.3, 0.4) is 0 Å². The molecule has 0 saturated carbocycles. The van der Waals surface area contributed by atoms with E-state index in [0.29, 0.717) is 18.0 Å². The Hall–Kier alpha value is -1.89. The molecule has 1 heterocycles. The second kappa shape index (κ2) is 7.34. The fourth-order valence-corrected chi connectivity index (χ4v) is 2.93. The highest BCUT2D eigenvalue weighted by Crippen LogP contribution is 2.30. The molecule has 1 saturated heterocycles. The van der Waals surface area contributed by atoms with Crippen molar-refractivity contribution in [3.05, 3.63) is 34.3 Å². The molecule has 0 aromatic heterocycles. The molecule has 1 aromatic rings. The molecule has 0 aliphatic carbocycles. The molecule has 1 atom stereocenters. The summed E-state index contributed by atoms with van der Waals surface area (Å²) in [6, 6.07) is 6.64. The largest absolute Gasteiger partial charge is 0.355 e. The molecular weight excluding hydrogens is 374 g/mol. The maximum atomic E-state index is 12.7. The Bertz CT molecular complexity index is 662. The summed E-state index contributed by atoms with van der Waals surface area (Å²) >= 11 is 3.36. The van der Waals surface area contributed by atoms with Crippen molar-refractivity contribution < 1.29 is 14.4 Å². The lowest BCUT2D eigenvalue weighted by molar-refractivity contribution is -0.134. The summed E-state index contributed by atoms with van der Waals surface area (Å²) in [6.07, 6.45) is 0.849. The van der Waals surface area contributed by atoms with Crippen LogP contribution in [0, 0.1) is 5.92 Å². The third-order valence-electron chi connectivity index (χ3n) is 4.02. The van der Waals surface area contributed by atoms with Crippen molar-refractivity contribution in [1.82, 2.24) is 15.5 Å². The molecular formula is C17H22BrN3O3. The molecule has 1 fully saturated rings. The van der Waals surface area contributed by atoms with Crippen LogP contribution in [0.1, 0.15) is 32.8 Å². The normalized spacial score (nSPS) is 20.5. The van der Waals surface area contributed by atoms with Crippen LogP contribution in [0.15, 0.2) is 28.7 Å². The van der Waals surface area contributed by atoms with E-state index in [9.17, 15) is 14.4 Å². The van der Waals surface area contributed by atoms with Crippen molar-refractivity contribution in [3.63, 3.8) is 0 Å². The van der Waals surface area contributed by atoms with Crippen molar-refractivity contribution >= 4 is 33.8 Å². The fourth-order valence-electron chi connectivity index (χ4n) is 2.54. The second-order valence-electron chi connectivity index (χ2n) is 6.49. The summed E-state index contributed by atoms with van der Waals surface area (Å²) in [7, 11) is 0. The van der Waals surface area contributed by atoms with Gasteiger partial charge >= 0.3 is 6.03 Å². The summed E-state index contributed by atoms with van der Waals surface area (Å²) in [5.74, 6) is -0.288. The Morgan fingerprint density at radius 1 is 1.38 bits per heavy atom. The predicted molar refractivity (Wildman–Crippen MR) is 94.2 cm³/mol. The predicted octanol–water partition coefficient (Wildman–Crippen LogP) is 2.38. The Balaban J connectivity index is 2.07. The zero-order valence-corrected chi connectivity index (χ0v) is 15.6. The quantitative estimate of drug-likeness (QED) is 0.725. The molecule has 1 aliphatic heterocycles. The molecule has 1 aliphatic rings. The number of hydrogen-bond acceptors (Lipinski definition) is 3. The van der Waals surface area contributed by atoms with E-state index in [2.05, 4.69) is 40.4 Å². The number of amides is 4. The summed E-state index contributed by atoms with van der Waals surface area (Å²) in [4.78, 5) is 37.8. The molecule has 4 amide bonds. The van der Waals surface area contributed by atoms with E-state index in [4.69, 9.17) is 0 Å². The van der Waals surface area contributed by atoms with Crippen LogP contribution >= 0.6 is 15.9 Å². The summed E-state index contributed by atoms with van der Waals surface area (Å²) in [5.41, 5.74) is -0.503. The monoisotopic (exact) mass is 395 g/mol. The van der Waals surface area contributed by atoms with Gasteiger partial charge in [0.05, 0.1) is 0 Å². The number of urea groups is 1. The van der Waals surface area contributed by atoms with E-state index in [1.165, 1.54) is 0 Å². The zero-order chi connectivity index (χ0) is 17.9. The molecule has 6 nitrogen and oxygen atoms in total. The Labute approximate surface area is 150 Å². The summed E-state index contributed by atoms with van der Waals surface area (Å²) < 4.78 is 0.813. The van der Waals surface area contributed by atoms with Gasteiger partial charge in [-0.3, -0.25) is 14.5 Å². The third-order valence-corrected chi connectivity index (χ3v) is 4.52. The van der Waals surface area contributed by atoms with Crippen molar-refractivity contribution in [1.29, 1.82) is 0 Å². The molecule has 130 valence electrons. The van der Waals surface area contributed by atoms with Gasteiger partial charge in [-0.2, -0.15) is 0 Å². The molecule has 24 heavy (non-hydrogen) atoms. The van der Waals surface area contributed by atoms with Crippen LogP contribution in [0.25, 0.3) is 0 Å². The second-order valence-corrected chi connectivity index (χ2v) is 7.40. The molecule has 1 aromatic carbocycles. The first-order valence-corrected chi connectivity index (χ1v) is 8.70. The average Bonchev–Trinajstić information content (AvgIpc) is 2.71. The molecule has 2 rings (SSSR count). The molecule has 0 bridgehead atoms. The lowest BCUT2D eigenvalue weighted by atomic mass is 9.92. The first-order chi connectivity index (χ1) is 11.2. The number of imide groups is 1. The minimum Gasteiger partial charge on any atom is -0.355 e. The van der Waals surface area contributed by atoms with Gasteiger partial charge in [0.2, 0.25) is 5.91 Å². The van der Waals surface area contributed by atoms with Gasteiger partial charge in [-0.25, -0.2) is 4.79 Å². The van der Waals surface area contributed by atoms with E-state index in [1.807, 2.05) is 6.07 Å². The van der Waals surface area contributed by atoms with Crippen LogP contribution in [-0.4, -0.2) is 35.8 Å². The van der Waals surface area contributed by atoms with Gasteiger partial charge in [-0.1, -0.05) is 41.9 Å². The number of nitrogens with one attached hydrogen (secondary N) is 2. The summed E-state index contributed by atoms with van der Waals surface area (Å²) in [5, 5.41) is 5.43. The average molecular weight is 396 g/mol. The van der Waals surface area contributed by atoms with Gasteiger partial charge in [0.1, 0.15) is 12.1 Å². The maximum absolute atomic E-state index is 12.7. The molecule has 0 spiro atoms. The number of nitrogens with zero attached hydrogens (tertiary/aromatic N) is 1. The third kappa shape index (κ3) is 3.95. The number of carbonyl (C=O) groups excluding carboxylic acids is 3. The van der Waals surface area contributed by atoms with Gasteiger partial charge in [-0.15, -0.1) is 0 Å². The van der Waals surface area contributed by atoms with Crippen LogP contribution < -0.4 is 10.6 Å². The first-order valence-electron chi connectivity index (χ1n) is 7.91. The minimum absolute atomic E-state index is 0.271. The SMILES string of the molecule is CC(C)CCNC(=O)CN1C(=O)N[C@](C)(c2cccc(Br)c2)C1=O. The standard InChI is InChI=1S/C17H22BrN3O3/c1-11(2)7-8-19-14(22)10-21-15(23)17(3,20-16(21)24)12-5-4-6-13(18)9-12/h4-6,9,11H,7-8,10H2,1-3H3,(H,19,22)(H,20,24)/t17-/m1/s1. The van der Waals surface area contributed by atoms with E-state index in [-0.39, 0.29) is 12.5 Å². The minimum atomic E-state index is -1.17. The van der Waals surface area contributed by atoms with Gasteiger partial charge in [0, 0.05) is 11.0 Å². The van der Waals surface area contributed by atoms with E-state index < -0.39 is 17.5 Å². The molecule has 0 radical (unpaired) electrons. The molecule has 7 heteroatoms. The number of rotatable bonds is 6. The van der Waals surface area contributed by atoms with Gasteiger partial charge in [0.15, 0.2) is 0 Å². The Morgan fingerprint density at radius 3 is 2.71 bits per heavy atom. The van der Waals surface area contributed by atoms with Gasteiger partial charge < -0.3 is 10.6 Å². The molecule has 2 N–H and O–H groups in total. The van der Waals surface area contributed by atoms with Crippen LogP contribution in [-0.2, 0) is 15.1 Å². The molecule has 0 unspecified atom stereocenters. The lowest BCUT2D eigenvalue weighted by Crippen LogP contribution is -2.43. The van der Waals surface area contributed by atoms with Crippen molar-refractivity contribution in [2.45, 2.75) is 32.7 Å². The van der Waals surface area contributed by atoms with Crippen LogP contribution in [0.5, 0.6) is 0 Å². The summed E-state index contributed by atoms with van der Waals surface area (Å²) in [6.45, 7) is 6.03. The maximum Gasteiger partial charge on any atom is 0.325 e. The lowest BCUT2D eigenvalue weighted by Gasteiger charge is -2.22. The van der Waals surface area contributed by atoms with E-state index in [0.717, 1.165) is 15.8 Å². The number of hydrogen-bond donors (Lipinski definition) is 2. The number of carbonyl (C=O) groups is 3. The van der Waals surface area contributed by atoms with Crippen molar-refractivity contribution in [3.8, 4) is 0 Å². The van der Waals surface area contributed by atoms with Crippen LogP contribution in [0.2, 0.25) is 0 Å². The highest BCUT2D eigenvalue weighted by Gasteiger charge is 2.49. The number of halogens is 1. The van der Waals surface area contributed by atoms with E-state index >= 15 is 0 Å². The first kappa shape index (κ1) is 18.4. The van der Waals surface area contributed by atoms with E-state index in [1.54, 1.807) is 25.1 Å². The zero-order valence-electron chi connectivity index (χ0n) is 14.1. The smallest absolute Gasteiger partial charge is 0.325 e. The Kier molecular flexibility index (Phi) is 5.64. The Morgan fingerprint density at radius 2 is 2.08 bits per heavy atom. The topological polar surface area (TPSA) is 78.5 Å². The van der Waals surface area contributed by atoms with Gasteiger partial charge in [0.25, 0.3) is 5.91 Å². The fraction of sp³-hybridized carbons (Fsp3) is 0.471. The van der Waals surface area contributed by atoms with Gasteiger partial charge in [-0.05, 0) is 37.0 Å². The highest BCUT2D eigenvalue weighted by molar-refractivity contribution is 9.10. The number of benzene rings is 1.